The molecule has 0 radical (unpaired) electrons. The molecular formula is C17H35N3O. The maximum absolute atomic E-state index is 12.2. The Morgan fingerprint density at radius 2 is 1.86 bits per heavy atom. The Morgan fingerprint density at radius 1 is 1.19 bits per heavy atom. The summed E-state index contributed by atoms with van der Waals surface area (Å²) < 4.78 is 0. The molecule has 4 heteroatoms. The molecule has 0 aromatic heterocycles. The van der Waals surface area contributed by atoms with E-state index >= 15 is 0 Å². The SMILES string of the molecule is CC(C)CCN(CCC(=O)N(C)CCCN)C1CCCC1. The first-order chi connectivity index (χ1) is 10.0. The largest absolute Gasteiger partial charge is 0.346 e. The van der Waals surface area contributed by atoms with Crippen LogP contribution >= 0.6 is 0 Å². The Hall–Kier alpha value is -0.610. The predicted molar refractivity (Wildman–Crippen MR) is 89.2 cm³/mol. The second-order valence-electron chi connectivity index (χ2n) is 6.86. The number of nitrogens with two attached hydrogens (primary N) is 1. The van der Waals surface area contributed by atoms with Gasteiger partial charge in [0.25, 0.3) is 0 Å². The average Bonchev–Trinajstić information content (AvgIpc) is 2.98. The van der Waals surface area contributed by atoms with Crippen molar-refractivity contribution in [3.05, 3.63) is 0 Å². The Bertz CT molecular complexity index is 288. The van der Waals surface area contributed by atoms with Gasteiger partial charge in [0.05, 0.1) is 0 Å². The number of rotatable bonds is 10. The summed E-state index contributed by atoms with van der Waals surface area (Å²) in [6.45, 7) is 8.05. The molecule has 1 amide bonds. The van der Waals surface area contributed by atoms with Gasteiger partial charge in [-0.2, -0.15) is 0 Å². The molecule has 0 spiro atoms. The Balaban J connectivity index is 2.38. The van der Waals surface area contributed by atoms with Gasteiger partial charge in [-0.1, -0.05) is 26.7 Å². The molecule has 0 saturated heterocycles. The summed E-state index contributed by atoms with van der Waals surface area (Å²) in [6.07, 6.45) is 8.11. The lowest BCUT2D eigenvalue weighted by molar-refractivity contribution is -0.130. The van der Waals surface area contributed by atoms with Crippen LogP contribution in [0, 0.1) is 5.92 Å². The van der Waals surface area contributed by atoms with Crippen LogP contribution in [0.2, 0.25) is 0 Å². The fourth-order valence-corrected chi connectivity index (χ4v) is 3.05. The molecule has 0 heterocycles. The summed E-state index contributed by atoms with van der Waals surface area (Å²) in [4.78, 5) is 16.6. The van der Waals surface area contributed by atoms with E-state index in [1.165, 1.54) is 32.1 Å². The van der Waals surface area contributed by atoms with E-state index in [0.717, 1.165) is 32.0 Å². The number of amides is 1. The van der Waals surface area contributed by atoms with Gasteiger partial charge in [0.1, 0.15) is 0 Å². The van der Waals surface area contributed by atoms with Gasteiger partial charge in [-0.05, 0) is 44.7 Å². The Morgan fingerprint density at radius 3 is 2.43 bits per heavy atom. The smallest absolute Gasteiger partial charge is 0.223 e. The van der Waals surface area contributed by atoms with Gasteiger partial charge in [-0.3, -0.25) is 9.69 Å². The number of hydrogen-bond acceptors (Lipinski definition) is 3. The van der Waals surface area contributed by atoms with Crippen LogP contribution < -0.4 is 5.73 Å². The lowest BCUT2D eigenvalue weighted by Crippen LogP contribution is -2.38. The van der Waals surface area contributed by atoms with Crippen molar-refractivity contribution in [1.82, 2.24) is 9.80 Å². The highest BCUT2D eigenvalue weighted by Gasteiger charge is 2.23. The van der Waals surface area contributed by atoms with Crippen molar-refractivity contribution in [3.8, 4) is 0 Å². The molecule has 0 bridgehead atoms. The zero-order valence-electron chi connectivity index (χ0n) is 14.3. The van der Waals surface area contributed by atoms with E-state index in [4.69, 9.17) is 5.73 Å². The maximum Gasteiger partial charge on any atom is 0.223 e. The minimum absolute atomic E-state index is 0.260. The van der Waals surface area contributed by atoms with E-state index in [0.29, 0.717) is 19.0 Å². The quantitative estimate of drug-likeness (QED) is 0.674. The summed E-state index contributed by atoms with van der Waals surface area (Å²) >= 11 is 0. The Labute approximate surface area is 131 Å². The fraction of sp³-hybridized carbons (Fsp3) is 0.941. The number of carbonyl (C=O) groups is 1. The summed E-state index contributed by atoms with van der Waals surface area (Å²) in [6, 6.07) is 0.714. The zero-order valence-corrected chi connectivity index (χ0v) is 14.3. The zero-order chi connectivity index (χ0) is 15.7. The van der Waals surface area contributed by atoms with E-state index in [9.17, 15) is 4.79 Å². The number of nitrogens with zero attached hydrogens (tertiary/aromatic N) is 2. The third-order valence-corrected chi connectivity index (χ3v) is 4.57. The van der Waals surface area contributed by atoms with Crippen molar-refractivity contribution in [2.75, 3.05) is 33.2 Å². The first-order valence-electron chi connectivity index (χ1n) is 8.72. The van der Waals surface area contributed by atoms with Gasteiger partial charge in [-0.15, -0.1) is 0 Å². The van der Waals surface area contributed by atoms with Crippen LogP contribution in [-0.2, 0) is 4.79 Å². The van der Waals surface area contributed by atoms with Crippen LogP contribution in [-0.4, -0.2) is 55.0 Å². The highest BCUT2D eigenvalue weighted by molar-refractivity contribution is 5.76. The van der Waals surface area contributed by atoms with Gasteiger partial charge in [0, 0.05) is 32.6 Å². The van der Waals surface area contributed by atoms with Crippen LogP contribution in [0.25, 0.3) is 0 Å². The van der Waals surface area contributed by atoms with Crippen LogP contribution in [0.1, 0.15) is 58.8 Å². The third-order valence-electron chi connectivity index (χ3n) is 4.57. The molecule has 1 rings (SSSR count). The maximum atomic E-state index is 12.2. The van der Waals surface area contributed by atoms with Crippen LogP contribution in [0.15, 0.2) is 0 Å². The van der Waals surface area contributed by atoms with Crippen molar-refractivity contribution >= 4 is 5.91 Å². The van der Waals surface area contributed by atoms with Gasteiger partial charge in [0.2, 0.25) is 5.91 Å². The normalized spacial score (nSPS) is 16.1. The van der Waals surface area contributed by atoms with Crippen molar-refractivity contribution in [1.29, 1.82) is 0 Å². The standard InChI is InChI=1S/C17H35N3O/c1-15(2)9-13-20(16-7-4-5-8-16)14-10-17(21)19(3)12-6-11-18/h15-16H,4-14,18H2,1-3H3. The molecule has 4 nitrogen and oxygen atoms in total. The molecule has 0 unspecified atom stereocenters. The highest BCUT2D eigenvalue weighted by Crippen LogP contribution is 2.24. The molecule has 0 atom stereocenters. The van der Waals surface area contributed by atoms with Crippen LogP contribution in [0.4, 0.5) is 0 Å². The number of hydrogen-bond donors (Lipinski definition) is 1. The minimum atomic E-state index is 0.260. The van der Waals surface area contributed by atoms with Crippen LogP contribution in [0.3, 0.4) is 0 Å². The molecule has 2 N–H and O–H groups in total. The fourth-order valence-electron chi connectivity index (χ4n) is 3.05. The van der Waals surface area contributed by atoms with Crippen molar-refractivity contribution in [2.24, 2.45) is 11.7 Å². The first-order valence-corrected chi connectivity index (χ1v) is 8.72. The van der Waals surface area contributed by atoms with Crippen LogP contribution in [0.5, 0.6) is 0 Å². The predicted octanol–water partition coefficient (Wildman–Crippen LogP) is 2.47. The first kappa shape index (κ1) is 18.4. The van der Waals surface area contributed by atoms with Gasteiger partial charge in [-0.25, -0.2) is 0 Å². The monoisotopic (exact) mass is 297 g/mol. The number of carbonyl (C=O) groups excluding carboxylic acids is 1. The molecular weight excluding hydrogens is 262 g/mol. The lowest BCUT2D eigenvalue weighted by Gasteiger charge is -2.30. The molecule has 1 aliphatic carbocycles. The molecule has 0 aliphatic heterocycles. The van der Waals surface area contributed by atoms with E-state index < -0.39 is 0 Å². The van der Waals surface area contributed by atoms with Crippen molar-refractivity contribution < 1.29 is 4.79 Å². The van der Waals surface area contributed by atoms with E-state index in [-0.39, 0.29) is 5.91 Å². The Kier molecular flexibility index (Phi) is 8.93. The van der Waals surface area contributed by atoms with E-state index in [2.05, 4.69) is 18.7 Å². The molecule has 1 aliphatic rings. The highest BCUT2D eigenvalue weighted by atomic mass is 16.2. The van der Waals surface area contributed by atoms with Crippen molar-refractivity contribution in [2.45, 2.75) is 64.8 Å². The third kappa shape index (κ3) is 7.28. The lowest BCUT2D eigenvalue weighted by atomic mass is 10.1. The summed E-state index contributed by atoms with van der Waals surface area (Å²) in [5.74, 6) is 0.993. The average molecular weight is 297 g/mol. The van der Waals surface area contributed by atoms with E-state index in [1.54, 1.807) is 0 Å². The summed E-state index contributed by atoms with van der Waals surface area (Å²) in [7, 11) is 1.89. The van der Waals surface area contributed by atoms with Gasteiger partial charge < -0.3 is 10.6 Å². The molecule has 0 aromatic carbocycles. The molecule has 21 heavy (non-hydrogen) atoms. The second kappa shape index (κ2) is 10.2. The minimum Gasteiger partial charge on any atom is -0.346 e. The molecule has 124 valence electrons. The van der Waals surface area contributed by atoms with Gasteiger partial charge >= 0.3 is 0 Å². The molecule has 1 fully saturated rings. The van der Waals surface area contributed by atoms with Crippen molar-refractivity contribution in [3.63, 3.8) is 0 Å². The summed E-state index contributed by atoms with van der Waals surface area (Å²) in [5, 5.41) is 0. The van der Waals surface area contributed by atoms with E-state index in [1.807, 2.05) is 11.9 Å². The summed E-state index contributed by atoms with van der Waals surface area (Å²) in [5.41, 5.74) is 5.50. The van der Waals surface area contributed by atoms with Gasteiger partial charge in [0.15, 0.2) is 0 Å². The second-order valence-corrected chi connectivity index (χ2v) is 6.86. The molecule has 0 aromatic rings. The molecule has 1 saturated carbocycles. The topological polar surface area (TPSA) is 49.6 Å².